The van der Waals surface area contributed by atoms with E-state index in [0.29, 0.717) is 24.3 Å². The average Bonchev–Trinajstić information content (AvgIpc) is 3.29. The third-order valence-corrected chi connectivity index (χ3v) is 5.42. The van der Waals surface area contributed by atoms with E-state index in [-0.39, 0.29) is 17.8 Å². The summed E-state index contributed by atoms with van der Waals surface area (Å²) < 4.78 is 5.74. The Hall–Kier alpha value is -1.92. The van der Waals surface area contributed by atoms with E-state index in [2.05, 4.69) is 10.4 Å². The van der Waals surface area contributed by atoms with Crippen LogP contribution >= 0.6 is 11.3 Å². The molecule has 1 fully saturated rings. The van der Waals surface area contributed by atoms with Gasteiger partial charge in [-0.2, -0.15) is 11.3 Å². The number of nitrogens with zero attached hydrogens (tertiary/aromatic N) is 1. The molecular weight excluding hydrogens is 336 g/mol. The number of amides is 1. The van der Waals surface area contributed by atoms with Crippen LogP contribution in [-0.2, 0) is 11.3 Å². The first-order chi connectivity index (χ1) is 12.0. The molecule has 1 saturated heterocycles. The second kappa shape index (κ2) is 7.54. The van der Waals surface area contributed by atoms with Crippen molar-refractivity contribution >= 4 is 23.0 Å². The third kappa shape index (κ3) is 3.85. The summed E-state index contributed by atoms with van der Waals surface area (Å²) >= 11 is 1.63. The van der Waals surface area contributed by atoms with Gasteiger partial charge < -0.3 is 14.6 Å². The fraction of sp³-hybridized carbons (Fsp3) is 0.474. The Morgan fingerprint density at radius 2 is 2.20 bits per heavy atom. The number of aromatic amines is 1. The van der Waals surface area contributed by atoms with E-state index in [9.17, 15) is 9.59 Å². The lowest BCUT2D eigenvalue weighted by Gasteiger charge is -2.25. The number of ether oxygens (including phenoxy) is 1. The lowest BCUT2D eigenvalue weighted by atomic mass is 10.1. The number of nitrogens with one attached hydrogen (secondary N) is 1. The molecule has 5 nitrogen and oxygen atoms in total. The number of ketones is 1. The van der Waals surface area contributed by atoms with Crippen LogP contribution in [0.2, 0.25) is 0 Å². The van der Waals surface area contributed by atoms with Crippen LogP contribution in [0.15, 0.2) is 16.8 Å². The normalized spacial score (nSPS) is 17.0. The average molecular weight is 360 g/mol. The summed E-state index contributed by atoms with van der Waals surface area (Å²) in [7, 11) is 0. The van der Waals surface area contributed by atoms with Gasteiger partial charge in [0.2, 0.25) is 0 Å². The fourth-order valence-electron chi connectivity index (χ4n) is 3.44. The van der Waals surface area contributed by atoms with E-state index < -0.39 is 0 Å². The van der Waals surface area contributed by atoms with Crippen LogP contribution in [0.1, 0.15) is 57.4 Å². The predicted octanol–water partition coefficient (Wildman–Crippen LogP) is 3.72. The second-order valence-electron chi connectivity index (χ2n) is 6.63. The minimum Gasteiger partial charge on any atom is -0.376 e. The van der Waals surface area contributed by atoms with E-state index >= 15 is 0 Å². The lowest BCUT2D eigenvalue weighted by Crippen LogP contribution is -2.37. The van der Waals surface area contributed by atoms with E-state index in [1.54, 1.807) is 11.3 Å². The van der Waals surface area contributed by atoms with Gasteiger partial charge in [-0.1, -0.05) is 0 Å². The van der Waals surface area contributed by atoms with Crippen molar-refractivity contribution in [2.24, 2.45) is 0 Å². The number of hydrogen-bond donors (Lipinski definition) is 1. The fourth-order valence-corrected chi connectivity index (χ4v) is 4.10. The molecule has 1 aliphatic heterocycles. The maximum absolute atomic E-state index is 13.3. The molecule has 0 aromatic carbocycles. The monoisotopic (exact) mass is 360 g/mol. The van der Waals surface area contributed by atoms with E-state index in [1.165, 1.54) is 6.92 Å². The molecule has 1 atom stereocenters. The molecule has 25 heavy (non-hydrogen) atoms. The Morgan fingerprint density at radius 1 is 1.40 bits per heavy atom. The molecule has 0 unspecified atom stereocenters. The number of aromatic nitrogens is 1. The second-order valence-corrected chi connectivity index (χ2v) is 7.41. The number of Topliss-reactive ketones (excluding diaryl/α,β-unsaturated/α-hetero) is 1. The maximum Gasteiger partial charge on any atom is 0.256 e. The summed E-state index contributed by atoms with van der Waals surface area (Å²) in [5, 5.41) is 4.08. The van der Waals surface area contributed by atoms with Crippen molar-refractivity contribution in [2.45, 2.75) is 46.3 Å². The Labute approximate surface area is 152 Å². The number of thiophene rings is 1. The van der Waals surface area contributed by atoms with E-state index in [0.717, 1.165) is 36.3 Å². The summed E-state index contributed by atoms with van der Waals surface area (Å²) in [6.45, 7) is 7.10. The number of hydrogen-bond acceptors (Lipinski definition) is 4. The first-order valence-electron chi connectivity index (χ1n) is 8.59. The SMILES string of the molecule is CC(=O)c1[nH]c(C)c(C(=O)N(Cc2ccsc2)C[C@@H]2CCCO2)c1C. The minimum absolute atomic E-state index is 0.0412. The zero-order valence-corrected chi connectivity index (χ0v) is 15.7. The van der Waals surface area contributed by atoms with E-state index in [1.807, 2.05) is 30.2 Å². The van der Waals surface area contributed by atoms with Crippen molar-refractivity contribution in [3.8, 4) is 0 Å². The summed E-state index contributed by atoms with van der Waals surface area (Å²) in [6, 6.07) is 2.04. The van der Waals surface area contributed by atoms with Gasteiger partial charge >= 0.3 is 0 Å². The van der Waals surface area contributed by atoms with Crippen molar-refractivity contribution in [3.63, 3.8) is 0 Å². The third-order valence-electron chi connectivity index (χ3n) is 4.69. The Bertz CT molecular complexity index is 758. The van der Waals surface area contributed by atoms with Crippen LogP contribution in [0.5, 0.6) is 0 Å². The van der Waals surface area contributed by atoms with Crippen LogP contribution in [0.25, 0.3) is 0 Å². The molecule has 1 N–H and O–H groups in total. The van der Waals surface area contributed by atoms with Gasteiger partial charge in [0.1, 0.15) is 0 Å². The first kappa shape index (κ1) is 17.9. The minimum atomic E-state index is -0.0526. The van der Waals surface area contributed by atoms with Gasteiger partial charge in [0.15, 0.2) is 5.78 Å². The Balaban J connectivity index is 1.89. The molecule has 0 aliphatic carbocycles. The van der Waals surface area contributed by atoms with Crippen molar-refractivity contribution in [2.75, 3.05) is 13.2 Å². The van der Waals surface area contributed by atoms with Crippen LogP contribution in [-0.4, -0.2) is 40.8 Å². The van der Waals surface area contributed by atoms with Crippen molar-refractivity contribution in [1.82, 2.24) is 9.88 Å². The van der Waals surface area contributed by atoms with Crippen molar-refractivity contribution in [3.05, 3.63) is 44.9 Å². The highest BCUT2D eigenvalue weighted by atomic mass is 32.1. The van der Waals surface area contributed by atoms with Gasteiger partial charge in [-0.15, -0.1) is 0 Å². The largest absolute Gasteiger partial charge is 0.376 e. The topological polar surface area (TPSA) is 62.4 Å². The quantitative estimate of drug-likeness (QED) is 0.799. The van der Waals surface area contributed by atoms with Crippen molar-refractivity contribution < 1.29 is 14.3 Å². The van der Waals surface area contributed by atoms with E-state index in [4.69, 9.17) is 4.74 Å². The molecule has 0 saturated carbocycles. The highest BCUT2D eigenvalue weighted by Gasteiger charge is 2.28. The smallest absolute Gasteiger partial charge is 0.256 e. The summed E-state index contributed by atoms with van der Waals surface area (Å²) in [5.41, 5.74) is 3.73. The zero-order chi connectivity index (χ0) is 18.0. The number of rotatable bonds is 6. The van der Waals surface area contributed by atoms with Crippen molar-refractivity contribution in [1.29, 1.82) is 0 Å². The molecule has 3 heterocycles. The van der Waals surface area contributed by atoms with Crippen LogP contribution in [0.4, 0.5) is 0 Å². The standard InChI is InChI=1S/C19H24N2O3S/c1-12-17(13(2)20-18(12)14(3)22)19(23)21(9-15-6-8-25-11-15)10-16-5-4-7-24-16/h6,8,11,16,20H,4-5,7,9-10H2,1-3H3/t16-/m0/s1. The molecular formula is C19H24N2O3S. The highest BCUT2D eigenvalue weighted by molar-refractivity contribution is 7.07. The van der Waals surface area contributed by atoms with Gasteiger partial charge in [0, 0.05) is 32.3 Å². The molecule has 0 radical (unpaired) electrons. The Morgan fingerprint density at radius 3 is 2.76 bits per heavy atom. The molecule has 0 bridgehead atoms. The number of aryl methyl sites for hydroxylation is 1. The summed E-state index contributed by atoms with van der Waals surface area (Å²) in [6.07, 6.45) is 2.12. The van der Waals surface area contributed by atoms with Gasteiger partial charge in [-0.3, -0.25) is 9.59 Å². The summed E-state index contributed by atoms with van der Waals surface area (Å²) in [4.78, 5) is 30.0. The number of carbonyl (C=O) groups is 2. The number of carbonyl (C=O) groups excluding carboxylic acids is 2. The number of H-pyrrole nitrogens is 1. The zero-order valence-electron chi connectivity index (χ0n) is 14.9. The molecule has 1 amide bonds. The highest BCUT2D eigenvalue weighted by Crippen LogP contribution is 2.23. The van der Waals surface area contributed by atoms with Gasteiger partial charge in [0.05, 0.1) is 17.4 Å². The Kier molecular flexibility index (Phi) is 5.39. The van der Waals surface area contributed by atoms with Crippen LogP contribution < -0.4 is 0 Å². The maximum atomic E-state index is 13.3. The van der Waals surface area contributed by atoms with Crippen LogP contribution in [0.3, 0.4) is 0 Å². The predicted molar refractivity (Wildman–Crippen MR) is 98.3 cm³/mol. The summed E-state index contributed by atoms with van der Waals surface area (Å²) in [5.74, 6) is -0.0939. The molecule has 1 aliphatic rings. The molecule has 2 aromatic heterocycles. The van der Waals surface area contributed by atoms with Gasteiger partial charge in [-0.05, 0) is 54.6 Å². The molecule has 2 aromatic rings. The van der Waals surface area contributed by atoms with Crippen LogP contribution in [0, 0.1) is 13.8 Å². The van der Waals surface area contributed by atoms with Gasteiger partial charge in [0.25, 0.3) is 5.91 Å². The molecule has 0 spiro atoms. The lowest BCUT2D eigenvalue weighted by molar-refractivity contribution is 0.0506. The molecule has 134 valence electrons. The molecule has 6 heteroatoms. The van der Waals surface area contributed by atoms with Gasteiger partial charge in [-0.25, -0.2) is 0 Å². The first-order valence-corrected chi connectivity index (χ1v) is 9.53. The molecule has 3 rings (SSSR count).